The third-order valence-electron chi connectivity index (χ3n) is 6.92. The first kappa shape index (κ1) is 24.8. The third kappa shape index (κ3) is 6.28. The molecule has 1 unspecified atom stereocenters. The van der Waals surface area contributed by atoms with Gasteiger partial charge in [0, 0.05) is 43.1 Å². The Balaban J connectivity index is 1.33. The van der Waals surface area contributed by atoms with Gasteiger partial charge >= 0.3 is 0 Å². The van der Waals surface area contributed by atoms with Crippen LogP contribution >= 0.6 is 0 Å². The highest BCUT2D eigenvalue weighted by atomic mass is 16.3. The number of anilines is 1. The van der Waals surface area contributed by atoms with E-state index in [0.717, 1.165) is 66.8 Å². The zero-order valence-corrected chi connectivity index (χ0v) is 21.3. The maximum absolute atomic E-state index is 13.5. The van der Waals surface area contributed by atoms with Gasteiger partial charge < -0.3 is 24.9 Å². The van der Waals surface area contributed by atoms with E-state index in [2.05, 4.69) is 15.6 Å². The lowest BCUT2D eigenvalue weighted by atomic mass is 10.1. The molecular weight excluding hydrogens is 468 g/mol. The molecule has 4 heterocycles. The van der Waals surface area contributed by atoms with E-state index in [1.165, 1.54) is 0 Å². The maximum Gasteiger partial charge on any atom is 0.245 e. The molecule has 0 saturated carbocycles. The molecule has 1 aromatic carbocycles. The minimum Gasteiger partial charge on any atom is -0.461 e. The number of aromatic nitrogens is 1. The lowest BCUT2D eigenvalue weighted by Crippen LogP contribution is -2.51. The standard InChI is InChI=1S/C28H34N6O3/c1-20-15-22-16-23(9-10-25(22)37-20)31-28(30-18-21-7-6-11-29-17-21)32-24-8-2-3-14-34(27(24)36)19-26(35)33-12-4-5-13-33/h6-7,9-11,15-17,24H,2-5,8,12-14,18-19H2,1H3,(H2,30,31,32). The van der Waals surface area contributed by atoms with Crippen molar-refractivity contribution in [3.05, 3.63) is 60.1 Å². The van der Waals surface area contributed by atoms with Crippen molar-refractivity contribution in [3.63, 3.8) is 0 Å². The van der Waals surface area contributed by atoms with E-state index in [-0.39, 0.29) is 18.4 Å². The summed E-state index contributed by atoms with van der Waals surface area (Å²) in [4.78, 5) is 38.8. The SMILES string of the molecule is Cc1cc2cc(NC(=NCc3cccnc3)NC3CCCCN(CC(=O)N4CCCC4)C3=O)ccc2o1. The average molecular weight is 503 g/mol. The van der Waals surface area contributed by atoms with Crippen LogP contribution < -0.4 is 10.6 Å². The summed E-state index contributed by atoms with van der Waals surface area (Å²) in [6.45, 7) is 4.66. The van der Waals surface area contributed by atoms with Crippen LogP contribution in [0.2, 0.25) is 0 Å². The Morgan fingerprint density at radius 3 is 2.78 bits per heavy atom. The number of furan rings is 1. The predicted molar refractivity (Wildman–Crippen MR) is 143 cm³/mol. The van der Waals surface area contributed by atoms with Gasteiger partial charge in [0.1, 0.15) is 17.4 Å². The highest BCUT2D eigenvalue weighted by Crippen LogP contribution is 2.23. The van der Waals surface area contributed by atoms with Gasteiger partial charge in [0.05, 0.1) is 13.1 Å². The summed E-state index contributed by atoms with van der Waals surface area (Å²) in [7, 11) is 0. The number of likely N-dealkylation sites (tertiary alicyclic amines) is 2. The highest BCUT2D eigenvalue weighted by molar-refractivity contribution is 5.99. The fourth-order valence-electron chi connectivity index (χ4n) is 4.96. The van der Waals surface area contributed by atoms with Gasteiger partial charge in [-0.3, -0.25) is 14.6 Å². The second-order valence-electron chi connectivity index (χ2n) is 9.80. The van der Waals surface area contributed by atoms with Crippen molar-refractivity contribution >= 4 is 34.4 Å². The molecule has 37 heavy (non-hydrogen) atoms. The van der Waals surface area contributed by atoms with E-state index in [0.29, 0.717) is 25.5 Å². The molecule has 2 aromatic heterocycles. The molecule has 0 bridgehead atoms. The second kappa shape index (κ2) is 11.5. The van der Waals surface area contributed by atoms with E-state index in [4.69, 9.17) is 9.41 Å². The van der Waals surface area contributed by atoms with Gasteiger partial charge in [-0.1, -0.05) is 6.07 Å². The molecule has 2 N–H and O–H groups in total. The van der Waals surface area contributed by atoms with E-state index >= 15 is 0 Å². The van der Waals surface area contributed by atoms with Crippen molar-refractivity contribution in [2.45, 2.75) is 51.6 Å². The number of pyridine rings is 1. The molecule has 5 rings (SSSR count). The van der Waals surface area contributed by atoms with E-state index in [1.807, 2.05) is 48.2 Å². The van der Waals surface area contributed by atoms with Gasteiger partial charge in [-0.15, -0.1) is 0 Å². The number of carbonyl (C=O) groups excluding carboxylic acids is 2. The number of nitrogens with zero attached hydrogens (tertiary/aromatic N) is 4. The number of guanidine groups is 1. The maximum atomic E-state index is 13.5. The van der Waals surface area contributed by atoms with Gasteiger partial charge in [-0.2, -0.15) is 0 Å². The van der Waals surface area contributed by atoms with Crippen LogP contribution in [-0.4, -0.2) is 64.8 Å². The summed E-state index contributed by atoms with van der Waals surface area (Å²) in [6, 6.07) is 11.2. The first-order valence-corrected chi connectivity index (χ1v) is 13.1. The topological polar surface area (TPSA) is 103 Å². The van der Waals surface area contributed by atoms with Gasteiger partial charge in [0.2, 0.25) is 11.8 Å². The van der Waals surface area contributed by atoms with E-state index in [1.54, 1.807) is 17.3 Å². The molecule has 2 saturated heterocycles. The van der Waals surface area contributed by atoms with Crippen LogP contribution in [-0.2, 0) is 16.1 Å². The van der Waals surface area contributed by atoms with Crippen LogP contribution in [0.3, 0.4) is 0 Å². The van der Waals surface area contributed by atoms with Gasteiger partial charge in [0.15, 0.2) is 5.96 Å². The Bertz CT molecular complexity index is 1270. The Hall–Kier alpha value is -3.88. The number of hydrogen-bond donors (Lipinski definition) is 2. The van der Waals surface area contributed by atoms with E-state index in [9.17, 15) is 9.59 Å². The largest absolute Gasteiger partial charge is 0.461 e. The molecule has 194 valence electrons. The molecule has 0 spiro atoms. The molecule has 1 atom stereocenters. The Kier molecular flexibility index (Phi) is 7.67. The fraction of sp³-hybridized carbons (Fsp3) is 0.429. The molecule has 0 radical (unpaired) electrons. The number of carbonyl (C=O) groups is 2. The zero-order chi connectivity index (χ0) is 25.6. The number of rotatable bonds is 6. The molecule has 2 aliphatic heterocycles. The Morgan fingerprint density at radius 1 is 1.14 bits per heavy atom. The molecule has 0 aliphatic carbocycles. The first-order chi connectivity index (χ1) is 18.0. The summed E-state index contributed by atoms with van der Waals surface area (Å²) < 4.78 is 5.70. The molecule has 3 aromatic rings. The van der Waals surface area contributed by atoms with Crippen molar-refractivity contribution in [2.75, 3.05) is 31.5 Å². The van der Waals surface area contributed by atoms with Crippen molar-refractivity contribution in [1.29, 1.82) is 0 Å². The van der Waals surface area contributed by atoms with Crippen molar-refractivity contribution in [3.8, 4) is 0 Å². The lowest BCUT2D eigenvalue weighted by Gasteiger charge is -2.27. The number of benzene rings is 1. The Labute approximate surface area is 216 Å². The number of hydrogen-bond acceptors (Lipinski definition) is 5. The van der Waals surface area contributed by atoms with Crippen molar-refractivity contribution < 1.29 is 14.0 Å². The first-order valence-electron chi connectivity index (χ1n) is 13.1. The van der Waals surface area contributed by atoms with Crippen LogP contribution in [0.1, 0.15) is 43.4 Å². The van der Waals surface area contributed by atoms with Crippen molar-refractivity contribution in [1.82, 2.24) is 20.1 Å². The summed E-state index contributed by atoms with van der Waals surface area (Å²) in [5, 5.41) is 7.73. The predicted octanol–water partition coefficient (Wildman–Crippen LogP) is 3.70. The lowest BCUT2D eigenvalue weighted by molar-refractivity contribution is -0.140. The van der Waals surface area contributed by atoms with Crippen LogP contribution in [0.5, 0.6) is 0 Å². The molecule has 2 fully saturated rings. The number of amides is 2. The fourth-order valence-corrected chi connectivity index (χ4v) is 4.96. The second-order valence-corrected chi connectivity index (χ2v) is 9.80. The molecule has 9 nitrogen and oxygen atoms in total. The van der Waals surface area contributed by atoms with Crippen LogP contribution in [0.15, 0.2) is 58.2 Å². The van der Waals surface area contributed by atoms with Gasteiger partial charge in [-0.05, 0) is 74.9 Å². The van der Waals surface area contributed by atoms with Crippen molar-refractivity contribution in [2.24, 2.45) is 4.99 Å². The summed E-state index contributed by atoms with van der Waals surface area (Å²) in [5.74, 6) is 1.35. The molecule has 2 amide bonds. The minimum atomic E-state index is -0.464. The quantitative estimate of drug-likeness (QED) is 0.394. The zero-order valence-electron chi connectivity index (χ0n) is 21.3. The summed E-state index contributed by atoms with van der Waals surface area (Å²) >= 11 is 0. The highest BCUT2D eigenvalue weighted by Gasteiger charge is 2.30. The number of fused-ring (bicyclic) bond motifs is 1. The number of aryl methyl sites for hydroxylation is 1. The van der Waals surface area contributed by atoms with Gasteiger partial charge in [-0.25, -0.2) is 4.99 Å². The van der Waals surface area contributed by atoms with E-state index < -0.39 is 6.04 Å². The molecule has 9 heteroatoms. The smallest absolute Gasteiger partial charge is 0.245 e. The minimum absolute atomic E-state index is 0.0406. The van der Waals surface area contributed by atoms with Crippen LogP contribution in [0.4, 0.5) is 5.69 Å². The molecular formula is C28H34N6O3. The van der Waals surface area contributed by atoms with Gasteiger partial charge in [0.25, 0.3) is 0 Å². The average Bonchev–Trinajstić information content (AvgIpc) is 3.54. The number of aliphatic imine (C=N–C) groups is 1. The monoisotopic (exact) mass is 502 g/mol. The van der Waals surface area contributed by atoms with Crippen LogP contribution in [0, 0.1) is 6.92 Å². The third-order valence-corrected chi connectivity index (χ3v) is 6.92. The number of nitrogens with one attached hydrogen (secondary N) is 2. The molecule has 2 aliphatic rings. The normalized spacial score (nSPS) is 18.8. The van der Waals surface area contributed by atoms with Crippen LogP contribution in [0.25, 0.3) is 11.0 Å². The Morgan fingerprint density at radius 2 is 1.97 bits per heavy atom. The summed E-state index contributed by atoms with van der Waals surface area (Å²) in [5.41, 5.74) is 2.63. The summed E-state index contributed by atoms with van der Waals surface area (Å²) in [6.07, 6.45) is 8.05.